The summed E-state index contributed by atoms with van der Waals surface area (Å²) in [5.41, 5.74) is 0. The number of nitrogens with two attached hydrogens (primary N) is 1. The maximum atomic E-state index is 12.0. The van der Waals surface area contributed by atoms with Crippen LogP contribution in [0.25, 0.3) is 0 Å². The van der Waals surface area contributed by atoms with Gasteiger partial charge in [-0.05, 0) is 43.4 Å². The Morgan fingerprint density at radius 3 is 1.63 bits per heavy atom. The van der Waals surface area contributed by atoms with Crippen LogP contribution in [-0.2, 0) is 10.0 Å². The average molecular weight is 289 g/mol. The van der Waals surface area contributed by atoms with Gasteiger partial charge in [0.05, 0.1) is 5.25 Å². The molecule has 19 heavy (non-hydrogen) atoms. The number of hydrogen-bond acceptors (Lipinski definition) is 2. The molecule has 2 N–H and O–H groups in total. The summed E-state index contributed by atoms with van der Waals surface area (Å²) in [4.78, 5) is 0. The Labute approximate surface area is 119 Å². The van der Waals surface area contributed by atoms with Crippen molar-refractivity contribution in [3.05, 3.63) is 0 Å². The molecule has 0 amide bonds. The first-order valence-electron chi connectivity index (χ1n) is 7.95. The van der Waals surface area contributed by atoms with E-state index in [1.807, 2.05) is 0 Å². The Kier molecular flexibility index (Phi) is 6.81. The summed E-state index contributed by atoms with van der Waals surface area (Å²) in [5, 5.41) is 5.25. The van der Waals surface area contributed by atoms with Crippen LogP contribution < -0.4 is 5.14 Å². The molecule has 114 valence electrons. The van der Waals surface area contributed by atoms with Crippen LogP contribution in [-0.4, -0.2) is 13.7 Å². The molecule has 4 heteroatoms. The molecule has 1 saturated carbocycles. The topological polar surface area (TPSA) is 60.2 Å². The highest BCUT2D eigenvalue weighted by Crippen LogP contribution is 2.42. The van der Waals surface area contributed by atoms with Crippen molar-refractivity contribution in [2.45, 2.75) is 77.4 Å². The van der Waals surface area contributed by atoms with Crippen molar-refractivity contribution in [2.24, 2.45) is 22.9 Å². The van der Waals surface area contributed by atoms with E-state index in [4.69, 9.17) is 5.14 Å². The van der Waals surface area contributed by atoms with Gasteiger partial charge in [0.1, 0.15) is 0 Å². The average Bonchev–Trinajstić information content (AvgIpc) is 2.28. The third-order valence-corrected chi connectivity index (χ3v) is 6.13. The Morgan fingerprint density at radius 2 is 1.32 bits per heavy atom. The van der Waals surface area contributed by atoms with Crippen LogP contribution in [0.5, 0.6) is 0 Å². The molecule has 0 aromatic carbocycles. The summed E-state index contributed by atoms with van der Waals surface area (Å²) in [6.45, 7) is 6.49. The standard InChI is InChI=1S/C15H31NO2S/c1-4-7-12-10-13(8-5-2)15(19(16,17)18)14(11-12)9-6-3/h12-15H,4-11H2,1-3H3,(H2,16,17,18). The predicted molar refractivity (Wildman–Crippen MR) is 81.3 cm³/mol. The molecule has 1 aliphatic carbocycles. The van der Waals surface area contributed by atoms with E-state index in [9.17, 15) is 8.42 Å². The zero-order chi connectivity index (χ0) is 14.5. The van der Waals surface area contributed by atoms with E-state index >= 15 is 0 Å². The van der Waals surface area contributed by atoms with Crippen molar-refractivity contribution in [1.29, 1.82) is 0 Å². The van der Waals surface area contributed by atoms with E-state index in [0.717, 1.165) is 38.5 Å². The van der Waals surface area contributed by atoms with Crippen molar-refractivity contribution in [3.63, 3.8) is 0 Å². The van der Waals surface area contributed by atoms with Gasteiger partial charge in [-0.3, -0.25) is 0 Å². The van der Waals surface area contributed by atoms with Gasteiger partial charge in [0, 0.05) is 0 Å². The maximum Gasteiger partial charge on any atom is 0.212 e. The van der Waals surface area contributed by atoms with E-state index in [0.29, 0.717) is 5.92 Å². The van der Waals surface area contributed by atoms with Crippen LogP contribution in [0.1, 0.15) is 72.1 Å². The van der Waals surface area contributed by atoms with Crippen LogP contribution in [0.2, 0.25) is 0 Å². The molecule has 0 spiro atoms. The van der Waals surface area contributed by atoms with Crippen LogP contribution in [0.4, 0.5) is 0 Å². The van der Waals surface area contributed by atoms with E-state index < -0.39 is 10.0 Å². The fourth-order valence-electron chi connectivity index (χ4n) is 4.09. The number of rotatable bonds is 7. The molecule has 1 rings (SSSR count). The summed E-state index contributed by atoms with van der Waals surface area (Å²) in [6, 6.07) is 0. The fourth-order valence-corrected chi connectivity index (χ4v) is 5.66. The van der Waals surface area contributed by atoms with Gasteiger partial charge in [-0.15, -0.1) is 0 Å². The molecule has 0 saturated heterocycles. The molecular weight excluding hydrogens is 258 g/mol. The Morgan fingerprint density at radius 1 is 0.895 bits per heavy atom. The lowest BCUT2D eigenvalue weighted by molar-refractivity contribution is 0.173. The van der Waals surface area contributed by atoms with Gasteiger partial charge in [0.25, 0.3) is 0 Å². The summed E-state index contributed by atoms with van der Waals surface area (Å²) >= 11 is 0. The molecule has 3 nitrogen and oxygen atoms in total. The SMILES string of the molecule is CCCC1CC(CCC)C(S(N)(=O)=O)C(CCC)C1. The van der Waals surface area contributed by atoms with E-state index in [1.165, 1.54) is 12.8 Å². The van der Waals surface area contributed by atoms with Gasteiger partial charge in [-0.25, -0.2) is 13.6 Å². The first-order valence-corrected chi connectivity index (χ1v) is 9.56. The molecule has 0 bridgehead atoms. The fraction of sp³-hybridized carbons (Fsp3) is 1.00. The molecule has 0 radical (unpaired) electrons. The molecule has 0 aliphatic heterocycles. The van der Waals surface area contributed by atoms with E-state index in [-0.39, 0.29) is 17.1 Å². The largest absolute Gasteiger partial charge is 0.228 e. The Hall–Kier alpha value is -0.0900. The zero-order valence-corrected chi connectivity index (χ0v) is 13.6. The van der Waals surface area contributed by atoms with Gasteiger partial charge in [-0.2, -0.15) is 0 Å². The van der Waals surface area contributed by atoms with Gasteiger partial charge in [-0.1, -0.05) is 46.5 Å². The second kappa shape index (κ2) is 7.63. The summed E-state index contributed by atoms with van der Waals surface area (Å²) in [7, 11) is -3.41. The van der Waals surface area contributed by atoms with Crippen molar-refractivity contribution in [1.82, 2.24) is 0 Å². The van der Waals surface area contributed by atoms with Gasteiger partial charge < -0.3 is 0 Å². The lowest BCUT2D eigenvalue weighted by Gasteiger charge is -2.41. The smallest absolute Gasteiger partial charge is 0.212 e. The minimum atomic E-state index is -3.41. The van der Waals surface area contributed by atoms with Gasteiger partial charge in [0.2, 0.25) is 10.0 Å². The quantitative estimate of drug-likeness (QED) is 0.777. The predicted octanol–water partition coefficient (Wildman–Crippen LogP) is 3.69. The molecule has 2 atom stereocenters. The first kappa shape index (κ1) is 17.0. The third kappa shape index (κ3) is 4.75. The second-order valence-electron chi connectivity index (χ2n) is 6.28. The summed E-state index contributed by atoms with van der Waals surface area (Å²) < 4.78 is 24.0. The van der Waals surface area contributed by atoms with Crippen LogP contribution in [0, 0.1) is 17.8 Å². The molecule has 1 aliphatic rings. The van der Waals surface area contributed by atoms with Crippen LogP contribution in [0.3, 0.4) is 0 Å². The van der Waals surface area contributed by atoms with Crippen molar-refractivity contribution in [2.75, 3.05) is 0 Å². The van der Waals surface area contributed by atoms with Gasteiger partial charge in [0.15, 0.2) is 0 Å². The second-order valence-corrected chi connectivity index (χ2v) is 8.00. The molecule has 2 unspecified atom stereocenters. The van der Waals surface area contributed by atoms with Crippen molar-refractivity contribution >= 4 is 10.0 Å². The van der Waals surface area contributed by atoms with Crippen molar-refractivity contribution < 1.29 is 8.42 Å². The summed E-state index contributed by atoms with van der Waals surface area (Å²) in [6.07, 6.45) is 8.65. The highest BCUT2D eigenvalue weighted by Gasteiger charge is 2.42. The Balaban J connectivity index is 2.93. The minimum absolute atomic E-state index is 0.279. The number of hydrogen-bond donors (Lipinski definition) is 1. The highest BCUT2D eigenvalue weighted by atomic mass is 32.2. The van der Waals surface area contributed by atoms with Crippen molar-refractivity contribution in [3.8, 4) is 0 Å². The first-order chi connectivity index (χ1) is 8.93. The molecule has 0 heterocycles. The zero-order valence-electron chi connectivity index (χ0n) is 12.8. The molecule has 0 aromatic rings. The molecule has 1 fully saturated rings. The minimum Gasteiger partial charge on any atom is -0.228 e. The van der Waals surface area contributed by atoms with Crippen LogP contribution in [0.15, 0.2) is 0 Å². The molecular formula is C15H31NO2S. The molecule has 0 aromatic heterocycles. The summed E-state index contributed by atoms with van der Waals surface area (Å²) in [5.74, 6) is 1.26. The lowest BCUT2D eigenvalue weighted by Crippen LogP contribution is -2.45. The number of primary sulfonamides is 1. The normalized spacial score (nSPS) is 32.4. The maximum absolute atomic E-state index is 12.0. The van der Waals surface area contributed by atoms with E-state index in [2.05, 4.69) is 20.8 Å². The van der Waals surface area contributed by atoms with Crippen LogP contribution >= 0.6 is 0 Å². The van der Waals surface area contributed by atoms with Gasteiger partial charge >= 0.3 is 0 Å². The highest BCUT2D eigenvalue weighted by molar-refractivity contribution is 7.89. The third-order valence-electron chi connectivity index (χ3n) is 4.60. The lowest BCUT2D eigenvalue weighted by atomic mass is 9.70. The van der Waals surface area contributed by atoms with E-state index in [1.54, 1.807) is 0 Å². The monoisotopic (exact) mass is 289 g/mol. The Bertz CT molecular complexity index is 337. The number of sulfonamides is 1.